The molecule has 0 heterocycles. The smallest absolute Gasteiger partial charge is 0.105 e. The van der Waals surface area contributed by atoms with Crippen LogP contribution in [0, 0.1) is 0 Å². The minimum atomic E-state index is 0.528. The molecule has 0 bridgehead atoms. The van der Waals surface area contributed by atoms with Gasteiger partial charge >= 0.3 is 0 Å². The zero-order valence-electron chi connectivity index (χ0n) is 16.5. The van der Waals surface area contributed by atoms with Crippen molar-refractivity contribution in [2.45, 2.75) is 36.5 Å². The zero-order valence-corrected chi connectivity index (χ0v) is 18.1. The molecule has 0 spiro atoms. The van der Waals surface area contributed by atoms with Crippen molar-refractivity contribution in [3.05, 3.63) is 101 Å². The highest BCUT2D eigenvalue weighted by molar-refractivity contribution is 8.14. The molecule has 0 fully saturated rings. The third-order valence-electron chi connectivity index (χ3n) is 4.20. The van der Waals surface area contributed by atoms with Gasteiger partial charge in [0, 0.05) is 9.79 Å². The van der Waals surface area contributed by atoms with Crippen LogP contribution in [0.15, 0.2) is 111 Å². The topological polar surface area (TPSA) is 12.4 Å². The van der Waals surface area contributed by atoms with Gasteiger partial charge in [0.2, 0.25) is 0 Å². The van der Waals surface area contributed by atoms with Crippen LogP contribution in [-0.2, 0) is 0 Å². The second kappa shape index (κ2) is 10.4. The van der Waals surface area contributed by atoms with E-state index in [0.717, 1.165) is 16.3 Å². The molecule has 0 aliphatic carbocycles. The van der Waals surface area contributed by atoms with Crippen LogP contribution in [0.1, 0.15) is 32.3 Å². The average Bonchev–Trinajstić information content (AvgIpc) is 2.73. The molecule has 3 aromatic rings. The van der Waals surface area contributed by atoms with Crippen molar-refractivity contribution >= 4 is 34.3 Å². The van der Waals surface area contributed by atoms with Crippen LogP contribution in [-0.4, -0.2) is 5.04 Å². The molecule has 0 aliphatic rings. The number of aliphatic imine (C=N–C) groups is 1. The zero-order chi connectivity index (χ0) is 19.8. The maximum Gasteiger partial charge on any atom is 0.105 e. The Labute approximate surface area is 177 Å². The molecule has 0 saturated heterocycles. The van der Waals surface area contributed by atoms with Crippen molar-refractivity contribution in [2.24, 2.45) is 4.99 Å². The lowest BCUT2D eigenvalue weighted by molar-refractivity contribution is 0.867. The predicted octanol–water partition coefficient (Wildman–Crippen LogP) is 8.33. The first-order valence-electron chi connectivity index (χ1n) is 9.42. The van der Waals surface area contributed by atoms with Gasteiger partial charge in [-0.05, 0) is 65.8 Å². The summed E-state index contributed by atoms with van der Waals surface area (Å²) in [6.45, 7) is 6.55. The SMILES string of the molecule is CC(=C\Sc1ccccc1)/C(=N\c1ccc(C(C)C)cc1)Sc1ccccc1. The summed E-state index contributed by atoms with van der Waals surface area (Å²) in [4.78, 5) is 7.39. The summed E-state index contributed by atoms with van der Waals surface area (Å²) in [6.07, 6.45) is 0. The molecule has 3 heteroatoms. The minimum absolute atomic E-state index is 0.528. The number of hydrogen-bond acceptors (Lipinski definition) is 3. The molecular weight excluding hydrogens is 378 g/mol. The fourth-order valence-corrected chi connectivity index (χ4v) is 4.25. The summed E-state index contributed by atoms with van der Waals surface area (Å²) in [7, 11) is 0. The van der Waals surface area contributed by atoms with Crippen molar-refractivity contribution in [3.8, 4) is 0 Å². The van der Waals surface area contributed by atoms with E-state index in [4.69, 9.17) is 4.99 Å². The quantitative estimate of drug-likeness (QED) is 0.233. The van der Waals surface area contributed by atoms with E-state index >= 15 is 0 Å². The average molecular weight is 404 g/mol. The van der Waals surface area contributed by atoms with Crippen molar-refractivity contribution < 1.29 is 0 Å². The second-order valence-corrected chi connectivity index (χ2v) is 8.82. The molecule has 142 valence electrons. The fourth-order valence-electron chi connectivity index (χ4n) is 2.55. The van der Waals surface area contributed by atoms with E-state index in [1.807, 2.05) is 12.1 Å². The molecule has 0 amide bonds. The van der Waals surface area contributed by atoms with Gasteiger partial charge < -0.3 is 0 Å². The standard InChI is InChI=1S/C25H25NS2/c1-19(2)21-14-16-22(17-15-21)26-25(28-24-12-8-5-9-13-24)20(3)18-27-23-10-6-4-7-11-23/h4-19H,1-3H3/b20-18+,26-25+. The van der Waals surface area contributed by atoms with Crippen LogP contribution in [0.4, 0.5) is 5.69 Å². The molecule has 3 rings (SSSR count). The van der Waals surface area contributed by atoms with E-state index in [2.05, 4.69) is 99.0 Å². The van der Waals surface area contributed by atoms with E-state index in [0.29, 0.717) is 5.92 Å². The Balaban J connectivity index is 1.87. The highest BCUT2D eigenvalue weighted by Crippen LogP contribution is 2.29. The van der Waals surface area contributed by atoms with Crippen LogP contribution in [0.3, 0.4) is 0 Å². The summed E-state index contributed by atoms with van der Waals surface area (Å²) >= 11 is 3.43. The molecule has 0 atom stereocenters. The van der Waals surface area contributed by atoms with Gasteiger partial charge in [-0.15, -0.1) is 0 Å². The third kappa shape index (κ3) is 6.15. The maximum absolute atomic E-state index is 4.96. The van der Waals surface area contributed by atoms with Gasteiger partial charge in [0.05, 0.1) is 5.69 Å². The Morgan fingerprint density at radius 1 is 0.786 bits per heavy atom. The van der Waals surface area contributed by atoms with Crippen LogP contribution < -0.4 is 0 Å². The van der Waals surface area contributed by atoms with E-state index in [-0.39, 0.29) is 0 Å². The number of benzene rings is 3. The van der Waals surface area contributed by atoms with Crippen molar-refractivity contribution in [2.75, 3.05) is 0 Å². The van der Waals surface area contributed by atoms with E-state index in [9.17, 15) is 0 Å². The molecule has 0 unspecified atom stereocenters. The van der Waals surface area contributed by atoms with E-state index in [1.54, 1.807) is 23.5 Å². The fraction of sp³-hybridized carbons (Fsp3) is 0.160. The van der Waals surface area contributed by atoms with Gasteiger partial charge in [-0.1, -0.05) is 85.9 Å². The predicted molar refractivity (Wildman–Crippen MR) is 126 cm³/mol. The van der Waals surface area contributed by atoms with Gasteiger partial charge in [-0.2, -0.15) is 0 Å². The van der Waals surface area contributed by atoms with Crippen LogP contribution in [0.2, 0.25) is 0 Å². The number of rotatable bonds is 6. The molecule has 0 aromatic heterocycles. The van der Waals surface area contributed by atoms with Gasteiger partial charge in [-0.3, -0.25) is 0 Å². The lowest BCUT2D eigenvalue weighted by Gasteiger charge is -2.09. The Hall–Kier alpha value is -2.23. The molecule has 0 aliphatic heterocycles. The second-order valence-electron chi connectivity index (χ2n) is 6.81. The summed E-state index contributed by atoms with van der Waals surface area (Å²) in [5.74, 6) is 0.528. The highest BCUT2D eigenvalue weighted by Gasteiger charge is 2.07. The Kier molecular flexibility index (Phi) is 7.58. The van der Waals surface area contributed by atoms with Gasteiger partial charge in [0.15, 0.2) is 0 Å². The summed E-state index contributed by atoms with van der Waals surface area (Å²) in [5.41, 5.74) is 3.49. The summed E-state index contributed by atoms with van der Waals surface area (Å²) < 4.78 is 0. The highest BCUT2D eigenvalue weighted by atomic mass is 32.2. The lowest BCUT2D eigenvalue weighted by atomic mass is 10.0. The van der Waals surface area contributed by atoms with Crippen LogP contribution in [0.5, 0.6) is 0 Å². The first kappa shape index (κ1) is 20.5. The molecule has 28 heavy (non-hydrogen) atoms. The lowest BCUT2D eigenvalue weighted by Crippen LogP contribution is -1.94. The first-order valence-corrected chi connectivity index (χ1v) is 11.1. The normalized spacial score (nSPS) is 12.4. The number of thioether (sulfide) groups is 2. The minimum Gasteiger partial charge on any atom is -0.241 e. The van der Waals surface area contributed by atoms with Gasteiger partial charge in [0.1, 0.15) is 5.04 Å². The molecule has 1 nitrogen and oxygen atoms in total. The Bertz CT molecular complexity index is 927. The van der Waals surface area contributed by atoms with Crippen LogP contribution in [0.25, 0.3) is 0 Å². The molecular formula is C25H25NS2. The number of nitrogens with zero attached hydrogens (tertiary/aromatic N) is 1. The van der Waals surface area contributed by atoms with Crippen molar-refractivity contribution in [1.29, 1.82) is 0 Å². The Morgan fingerprint density at radius 3 is 1.93 bits per heavy atom. The van der Waals surface area contributed by atoms with Crippen molar-refractivity contribution in [1.82, 2.24) is 0 Å². The largest absolute Gasteiger partial charge is 0.241 e. The van der Waals surface area contributed by atoms with E-state index < -0.39 is 0 Å². The first-order chi connectivity index (χ1) is 13.6. The summed E-state index contributed by atoms with van der Waals surface area (Å²) in [6, 6.07) is 29.4. The summed E-state index contributed by atoms with van der Waals surface area (Å²) in [5, 5.41) is 3.21. The van der Waals surface area contributed by atoms with Crippen LogP contribution >= 0.6 is 23.5 Å². The Morgan fingerprint density at radius 2 is 1.36 bits per heavy atom. The number of hydrogen-bond donors (Lipinski definition) is 0. The van der Waals surface area contributed by atoms with E-state index in [1.165, 1.54) is 15.4 Å². The molecule has 0 N–H and O–H groups in total. The molecule has 3 aromatic carbocycles. The van der Waals surface area contributed by atoms with Crippen molar-refractivity contribution in [3.63, 3.8) is 0 Å². The molecule has 0 saturated carbocycles. The van der Waals surface area contributed by atoms with Gasteiger partial charge in [0.25, 0.3) is 0 Å². The van der Waals surface area contributed by atoms with Gasteiger partial charge in [-0.25, -0.2) is 4.99 Å². The monoisotopic (exact) mass is 403 g/mol. The maximum atomic E-state index is 4.96. The third-order valence-corrected chi connectivity index (χ3v) is 6.33. The molecule has 0 radical (unpaired) electrons.